The number of allylic oxidation sites excluding steroid dienone is 2. The van der Waals surface area contributed by atoms with Gasteiger partial charge in [-0.2, -0.15) is 5.06 Å². The monoisotopic (exact) mass is 400 g/mol. The smallest absolute Gasteiger partial charge is 0.0773 e. The third-order valence-corrected chi connectivity index (χ3v) is 5.62. The lowest BCUT2D eigenvalue weighted by atomic mass is 10.1. The molecule has 0 spiro atoms. The van der Waals surface area contributed by atoms with Gasteiger partial charge in [0.05, 0.1) is 12.1 Å². The average Bonchev–Trinajstić information content (AvgIpc) is 2.68. The highest BCUT2D eigenvalue weighted by molar-refractivity contribution is 4.81. The molecule has 0 rings (SSSR count). The number of rotatable bonds is 20. The van der Waals surface area contributed by atoms with Crippen molar-refractivity contribution in [2.24, 2.45) is 0 Å². The molecule has 3 N–H and O–H groups in total. The first-order valence-corrected chi connectivity index (χ1v) is 11.8. The number of hydroxylamine groups is 4. The third-order valence-electron chi connectivity index (χ3n) is 5.62. The topological polar surface area (TPSA) is 67.2 Å². The highest BCUT2D eigenvalue weighted by Gasteiger charge is 2.25. The van der Waals surface area contributed by atoms with E-state index in [0.717, 1.165) is 12.8 Å². The average molecular weight is 401 g/mol. The van der Waals surface area contributed by atoms with Crippen molar-refractivity contribution in [2.45, 2.75) is 129 Å². The van der Waals surface area contributed by atoms with Gasteiger partial charge in [0.15, 0.2) is 0 Å². The fourth-order valence-corrected chi connectivity index (χ4v) is 3.64. The molecule has 0 aromatic carbocycles. The molecule has 0 amide bonds. The molecule has 168 valence electrons. The van der Waals surface area contributed by atoms with Gasteiger partial charge in [-0.15, -0.1) is 0 Å². The maximum Gasteiger partial charge on any atom is 0.0773 e. The predicted octanol–water partition coefficient (Wildman–Crippen LogP) is 6.96. The molecule has 0 aromatic rings. The maximum atomic E-state index is 10.1. The van der Waals surface area contributed by atoms with Crippen LogP contribution in [0.4, 0.5) is 0 Å². The molecule has 28 heavy (non-hydrogen) atoms. The summed E-state index contributed by atoms with van der Waals surface area (Å²) in [4.78, 5) is 0. The van der Waals surface area contributed by atoms with Gasteiger partial charge >= 0.3 is 0 Å². The van der Waals surface area contributed by atoms with E-state index in [1.165, 1.54) is 82.1 Å². The quantitative estimate of drug-likeness (QED) is 0.117. The van der Waals surface area contributed by atoms with Gasteiger partial charge in [-0.1, -0.05) is 89.0 Å². The molecule has 0 aliphatic heterocycles. The molecule has 5 heteroatoms. The number of hydrogen-bond donors (Lipinski definition) is 3. The molecular weight excluding hydrogens is 352 g/mol. The van der Waals surface area contributed by atoms with Crippen LogP contribution in [0.25, 0.3) is 0 Å². The fraction of sp³-hybridized carbons (Fsp3) is 0.913. The lowest BCUT2D eigenvalue weighted by molar-refractivity contribution is -0.344. The Morgan fingerprint density at radius 3 is 1.61 bits per heavy atom. The van der Waals surface area contributed by atoms with Gasteiger partial charge in [-0.05, 0) is 45.4 Å². The number of nitrogens with zero attached hydrogens (tertiary/aromatic N) is 2. The lowest BCUT2D eigenvalue weighted by Crippen LogP contribution is -2.47. The molecule has 0 heterocycles. The Hall–Kier alpha value is -0.460. The minimum absolute atomic E-state index is 0.194. The van der Waals surface area contributed by atoms with Crippen molar-refractivity contribution in [1.82, 2.24) is 10.3 Å². The largest absolute Gasteiger partial charge is 0.314 e. The van der Waals surface area contributed by atoms with E-state index in [4.69, 9.17) is 10.4 Å². The minimum atomic E-state index is -0.510. The van der Waals surface area contributed by atoms with Crippen LogP contribution in [0, 0.1) is 0 Å². The summed E-state index contributed by atoms with van der Waals surface area (Å²) in [7, 11) is 0. The molecule has 0 saturated carbocycles. The Balaban J connectivity index is 3.46. The van der Waals surface area contributed by atoms with Crippen molar-refractivity contribution in [3.63, 3.8) is 0 Å². The number of hydrogen-bond acceptors (Lipinski definition) is 5. The van der Waals surface area contributed by atoms with Gasteiger partial charge in [0, 0.05) is 6.54 Å². The molecule has 0 fully saturated rings. The van der Waals surface area contributed by atoms with Crippen LogP contribution in [0.15, 0.2) is 12.2 Å². The van der Waals surface area contributed by atoms with Crippen LogP contribution in [-0.2, 0) is 0 Å². The van der Waals surface area contributed by atoms with E-state index in [9.17, 15) is 5.21 Å². The first-order valence-electron chi connectivity index (χ1n) is 11.8. The Morgan fingerprint density at radius 1 is 0.679 bits per heavy atom. The summed E-state index contributed by atoms with van der Waals surface area (Å²) in [6.07, 6.45) is 23.1. The molecule has 5 nitrogen and oxygen atoms in total. The first kappa shape index (κ1) is 27.5. The van der Waals surface area contributed by atoms with E-state index in [1.807, 2.05) is 6.92 Å². The van der Waals surface area contributed by atoms with Crippen molar-refractivity contribution in [2.75, 3.05) is 6.54 Å². The second-order valence-electron chi connectivity index (χ2n) is 8.14. The zero-order chi connectivity index (χ0) is 21.0. The Kier molecular flexibility index (Phi) is 19.5. The van der Waals surface area contributed by atoms with Crippen LogP contribution >= 0.6 is 0 Å². The van der Waals surface area contributed by atoms with E-state index >= 15 is 0 Å². The van der Waals surface area contributed by atoms with Gasteiger partial charge in [0.2, 0.25) is 0 Å². The molecule has 0 bridgehead atoms. The summed E-state index contributed by atoms with van der Waals surface area (Å²) in [5, 5.41) is 29.8. The summed E-state index contributed by atoms with van der Waals surface area (Å²) in [5.74, 6) is 0. The van der Waals surface area contributed by atoms with Gasteiger partial charge < -0.3 is 5.21 Å². The van der Waals surface area contributed by atoms with E-state index in [1.54, 1.807) is 6.92 Å². The van der Waals surface area contributed by atoms with Crippen molar-refractivity contribution in [3.8, 4) is 0 Å². The van der Waals surface area contributed by atoms with Crippen molar-refractivity contribution < 1.29 is 15.6 Å². The normalized spacial score (nSPS) is 14.4. The maximum absolute atomic E-state index is 10.1. The van der Waals surface area contributed by atoms with Crippen molar-refractivity contribution >= 4 is 0 Å². The molecule has 0 aliphatic rings. The van der Waals surface area contributed by atoms with Crippen molar-refractivity contribution in [3.05, 3.63) is 12.2 Å². The fourth-order valence-electron chi connectivity index (χ4n) is 3.64. The van der Waals surface area contributed by atoms with E-state index < -0.39 is 6.04 Å². The highest BCUT2D eigenvalue weighted by atomic mass is 16.8. The zero-order valence-electron chi connectivity index (χ0n) is 18.9. The number of unbranched alkanes of at least 4 members (excludes halogenated alkanes) is 12. The lowest BCUT2D eigenvalue weighted by Gasteiger charge is -2.31. The Labute approximate surface area is 174 Å². The highest BCUT2D eigenvalue weighted by Crippen LogP contribution is 2.13. The molecule has 0 aromatic heterocycles. The Morgan fingerprint density at radius 2 is 1.14 bits per heavy atom. The standard InChI is InChI=1S/C23H48N2O3/c1-4-6-7-8-9-10-11-12-13-14-15-16-17-18-19-20-21-24(26)23(5-2)22(3)25(27)28/h12-13,22-23,26-28H,4-11,14-21H2,1-3H3. The molecule has 2 atom stereocenters. The molecule has 0 aliphatic carbocycles. The predicted molar refractivity (Wildman–Crippen MR) is 117 cm³/mol. The second kappa shape index (κ2) is 19.8. The summed E-state index contributed by atoms with van der Waals surface area (Å²) in [5.41, 5.74) is 0. The van der Waals surface area contributed by atoms with E-state index in [2.05, 4.69) is 19.1 Å². The third kappa shape index (κ3) is 15.5. The van der Waals surface area contributed by atoms with Crippen LogP contribution in [0.2, 0.25) is 0 Å². The molecule has 0 saturated heterocycles. The van der Waals surface area contributed by atoms with Crippen LogP contribution in [-0.4, -0.2) is 44.5 Å². The second-order valence-corrected chi connectivity index (χ2v) is 8.14. The van der Waals surface area contributed by atoms with Crippen LogP contribution in [0.1, 0.15) is 117 Å². The van der Waals surface area contributed by atoms with Crippen LogP contribution < -0.4 is 0 Å². The van der Waals surface area contributed by atoms with E-state index in [-0.39, 0.29) is 11.3 Å². The molecular formula is C23H48N2O3. The van der Waals surface area contributed by atoms with Gasteiger partial charge in [0.1, 0.15) is 0 Å². The van der Waals surface area contributed by atoms with Crippen molar-refractivity contribution in [1.29, 1.82) is 0 Å². The first-order chi connectivity index (χ1) is 13.5. The summed E-state index contributed by atoms with van der Waals surface area (Å²) >= 11 is 0. The molecule has 0 radical (unpaired) electrons. The van der Waals surface area contributed by atoms with Gasteiger partial charge in [0.25, 0.3) is 0 Å². The minimum Gasteiger partial charge on any atom is -0.314 e. The summed E-state index contributed by atoms with van der Waals surface area (Å²) < 4.78 is 0. The van der Waals surface area contributed by atoms with Gasteiger partial charge in [-0.3, -0.25) is 10.4 Å². The summed E-state index contributed by atoms with van der Waals surface area (Å²) in [6, 6.07) is -0.776. The zero-order valence-corrected chi connectivity index (χ0v) is 18.9. The van der Waals surface area contributed by atoms with E-state index in [0.29, 0.717) is 13.0 Å². The van der Waals surface area contributed by atoms with Crippen LogP contribution in [0.3, 0.4) is 0 Å². The Bertz CT molecular complexity index is 351. The molecule has 2 unspecified atom stereocenters. The summed E-state index contributed by atoms with van der Waals surface area (Å²) in [6.45, 7) is 6.48. The SMILES string of the molecule is CCCCCCCCC=CCCCCCCCCN(O)C(CC)C(C)N(O)O. The van der Waals surface area contributed by atoms with Crippen LogP contribution in [0.5, 0.6) is 0 Å². The van der Waals surface area contributed by atoms with Gasteiger partial charge in [-0.25, -0.2) is 0 Å².